The number of aliphatic imine (C=N–C) groups is 1. The van der Waals surface area contributed by atoms with Crippen molar-refractivity contribution in [2.45, 2.75) is 51.9 Å². The van der Waals surface area contributed by atoms with Gasteiger partial charge in [0.05, 0.1) is 11.8 Å². The van der Waals surface area contributed by atoms with Gasteiger partial charge in [0.25, 0.3) is 0 Å². The van der Waals surface area contributed by atoms with Crippen molar-refractivity contribution in [3.63, 3.8) is 0 Å². The molecular weight excluding hydrogens is 455 g/mol. The van der Waals surface area contributed by atoms with Gasteiger partial charge in [-0.3, -0.25) is 19.5 Å². The van der Waals surface area contributed by atoms with Crippen LogP contribution in [0, 0.1) is 23.7 Å². The SMILES string of the molecule is CCCCCCCCN=C(N)NCCN1C(=O)C2C3C=CC(C3)C2C1=O.I. The predicted octanol–water partition coefficient (Wildman–Crippen LogP) is 2.68. The molecule has 2 bridgehead atoms. The first kappa shape index (κ1) is 22.2. The molecule has 1 saturated heterocycles. The molecule has 3 aliphatic rings. The average molecular weight is 488 g/mol. The molecule has 0 aromatic heterocycles. The van der Waals surface area contributed by atoms with Crippen LogP contribution in [0.1, 0.15) is 51.9 Å². The first-order chi connectivity index (χ1) is 12.6. The maximum absolute atomic E-state index is 12.6. The number of fused-ring (bicyclic) bond motifs is 5. The number of halogens is 1. The van der Waals surface area contributed by atoms with E-state index in [1.165, 1.54) is 37.0 Å². The molecule has 7 heteroatoms. The van der Waals surface area contributed by atoms with E-state index in [0.717, 1.165) is 19.4 Å². The number of rotatable bonds is 10. The molecule has 0 radical (unpaired) electrons. The molecule has 0 spiro atoms. The molecule has 3 rings (SSSR count). The van der Waals surface area contributed by atoms with Gasteiger partial charge in [-0.2, -0.15) is 0 Å². The summed E-state index contributed by atoms with van der Waals surface area (Å²) in [5.74, 6) is 0.709. The number of nitrogens with one attached hydrogen (secondary N) is 1. The van der Waals surface area contributed by atoms with Crippen molar-refractivity contribution in [3.8, 4) is 0 Å². The van der Waals surface area contributed by atoms with Crippen molar-refractivity contribution >= 4 is 41.8 Å². The number of allylic oxidation sites excluding steroid dienone is 2. The number of hydrogen-bond acceptors (Lipinski definition) is 3. The lowest BCUT2D eigenvalue weighted by Crippen LogP contribution is -2.41. The third-order valence-electron chi connectivity index (χ3n) is 6.00. The normalized spacial score (nSPS) is 28.6. The Balaban J connectivity index is 0.00000261. The number of imide groups is 1. The molecule has 6 nitrogen and oxygen atoms in total. The van der Waals surface area contributed by atoms with Gasteiger partial charge in [0.15, 0.2) is 5.96 Å². The van der Waals surface area contributed by atoms with Crippen LogP contribution in [0.5, 0.6) is 0 Å². The van der Waals surface area contributed by atoms with Crippen molar-refractivity contribution in [2.75, 3.05) is 19.6 Å². The largest absolute Gasteiger partial charge is 0.370 e. The topological polar surface area (TPSA) is 87.8 Å². The summed E-state index contributed by atoms with van der Waals surface area (Å²) in [7, 11) is 0. The molecule has 2 amide bonds. The molecule has 2 fully saturated rings. The third kappa shape index (κ3) is 5.03. The van der Waals surface area contributed by atoms with E-state index in [0.29, 0.717) is 19.0 Å². The summed E-state index contributed by atoms with van der Waals surface area (Å²) < 4.78 is 0. The van der Waals surface area contributed by atoms with E-state index < -0.39 is 0 Å². The number of guanidine groups is 1. The zero-order valence-corrected chi connectivity index (χ0v) is 18.6. The summed E-state index contributed by atoms with van der Waals surface area (Å²) >= 11 is 0. The molecular formula is C20H33IN4O2. The van der Waals surface area contributed by atoms with E-state index in [4.69, 9.17) is 5.73 Å². The minimum Gasteiger partial charge on any atom is -0.370 e. The van der Waals surface area contributed by atoms with Crippen LogP contribution in [0.4, 0.5) is 0 Å². The highest BCUT2D eigenvalue weighted by Gasteiger charge is 2.58. The molecule has 4 unspecified atom stereocenters. The third-order valence-corrected chi connectivity index (χ3v) is 6.00. The van der Waals surface area contributed by atoms with Crippen molar-refractivity contribution in [2.24, 2.45) is 34.4 Å². The summed E-state index contributed by atoms with van der Waals surface area (Å²) in [6.45, 7) is 3.78. The van der Waals surface area contributed by atoms with Gasteiger partial charge in [-0.15, -0.1) is 24.0 Å². The average Bonchev–Trinajstić information content (AvgIpc) is 3.30. The summed E-state index contributed by atoms with van der Waals surface area (Å²) in [5, 5.41) is 3.03. The Hall–Kier alpha value is -1.12. The van der Waals surface area contributed by atoms with Crippen LogP contribution in [0.15, 0.2) is 17.1 Å². The van der Waals surface area contributed by atoms with Crippen LogP contribution in [0.3, 0.4) is 0 Å². The zero-order valence-electron chi connectivity index (χ0n) is 16.2. The van der Waals surface area contributed by atoms with Crippen LogP contribution in [0.25, 0.3) is 0 Å². The van der Waals surface area contributed by atoms with E-state index in [9.17, 15) is 9.59 Å². The second-order valence-electron chi connectivity index (χ2n) is 7.79. The van der Waals surface area contributed by atoms with E-state index in [-0.39, 0.29) is 59.5 Å². The van der Waals surface area contributed by atoms with Gasteiger partial charge in [0.1, 0.15) is 0 Å². The maximum Gasteiger partial charge on any atom is 0.233 e. The lowest BCUT2D eigenvalue weighted by atomic mass is 9.85. The number of hydrogen-bond donors (Lipinski definition) is 2. The molecule has 1 aliphatic heterocycles. The minimum absolute atomic E-state index is 0. The highest BCUT2D eigenvalue weighted by Crippen LogP contribution is 2.52. The van der Waals surface area contributed by atoms with E-state index in [2.05, 4.69) is 29.4 Å². The number of likely N-dealkylation sites (tertiary alicyclic amines) is 1. The summed E-state index contributed by atoms with van der Waals surface area (Å²) in [6.07, 6.45) is 12.6. The Bertz CT molecular complexity index is 563. The smallest absolute Gasteiger partial charge is 0.233 e. The maximum atomic E-state index is 12.6. The molecule has 2 aliphatic carbocycles. The minimum atomic E-state index is -0.115. The number of nitrogens with zero attached hydrogens (tertiary/aromatic N) is 2. The van der Waals surface area contributed by atoms with Crippen LogP contribution >= 0.6 is 24.0 Å². The van der Waals surface area contributed by atoms with Gasteiger partial charge in [-0.1, -0.05) is 51.2 Å². The molecule has 27 heavy (non-hydrogen) atoms. The Morgan fingerprint density at radius 3 is 2.33 bits per heavy atom. The van der Waals surface area contributed by atoms with Gasteiger partial charge in [0, 0.05) is 19.6 Å². The highest BCUT2D eigenvalue weighted by atomic mass is 127. The number of nitrogens with two attached hydrogens (primary N) is 1. The lowest BCUT2D eigenvalue weighted by Gasteiger charge is -2.17. The van der Waals surface area contributed by atoms with Crippen LogP contribution in [0.2, 0.25) is 0 Å². The van der Waals surface area contributed by atoms with Gasteiger partial charge in [0.2, 0.25) is 11.8 Å². The fourth-order valence-electron chi connectivity index (χ4n) is 4.63. The van der Waals surface area contributed by atoms with E-state index in [1.807, 2.05) is 0 Å². The summed E-state index contributed by atoms with van der Waals surface area (Å²) in [6, 6.07) is 0. The molecule has 3 N–H and O–H groups in total. The monoisotopic (exact) mass is 488 g/mol. The predicted molar refractivity (Wildman–Crippen MR) is 118 cm³/mol. The number of carbonyl (C=O) groups excluding carboxylic acids is 2. The Morgan fingerprint density at radius 2 is 1.70 bits per heavy atom. The number of carbonyl (C=O) groups is 2. The Labute approximate surface area is 179 Å². The fourth-order valence-corrected chi connectivity index (χ4v) is 4.63. The molecule has 4 atom stereocenters. The molecule has 1 heterocycles. The second kappa shape index (κ2) is 10.4. The molecule has 152 valence electrons. The molecule has 1 saturated carbocycles. The van der Waals surface area contributed by atoms with E-state index in [1.54, 1.807) is 0 Å². The number of unbranched alkanes of at least 4 members (excludes halogenated alkanes) is 5. The Kier molecular flexibility index (Phi) is 8.57. The Morgan fingerprint density at radius 1 is 1.11 bits per heavy atom. The van der Waals surface area contributed by atoms with Crippen molar-refractivity contribution in [3.05, 3.63) is 12.2 Å². The van der Waals surface area contributed by atoms with Crippen LogP contribution in [-0.4, -0.2) is 42.3 Å². The van der Waals surface area contributed by atoms with Crippen molar-refractivity contribution < 1.29 is 9.59 Å². The second-order valence-corrected chi connectivity index (χ2v) is 7.79. The van der Waals surface area contributed by atoms with Crippen LogP contribution < -0.4 is 11.1 Å². The summed E-state index contributed by atoms with van der Waals surface area (Å²) in [4.78, 5) is 30.9. The molecule has 0 aromatic rings. The standard InChI is InChI=1S/C20H32N4O2.HI/c1-2-3-4-5-6-7-10-22-20(21)23-11-12-24-18(25)16-14-8-9-15(13-14)17(16)19(24)26;/h8-9,14-17H,2-7,10-13H2,1H3,(H3,21,22,23);1H. The zero-order chi connectivity index (χ0) is 18.5. The number of amides is 2. The van der Waals surface area contributed by atoms with Gasteiger partial charge < -0.3 is 11.1 Å². The van der Waals surface area contributed by atoms with Crippen molar-refractivity contribution in [1.29, 1.82) is 0 Å². The lowest BCUT2D eigenvalue weighted by molar-refractivity contribution is -0.140. The fraction of sp³-hybridized carbons (Fsp3) is 0.750. The quantitative estimate of drug-likeness (QED) is 0.124. The van der Waals surface area contributed by atoms with Crippen LogP contribution in [-0.2, 0) is 9.59 Å². The first-order valence-corrected chi connectivity index (χ1v) is 10.2. The van der Waals surface area contributed by atoms with Gasteiger partial charge >= 0.3 is 0 Å². The van der Waals surface area contributed by atoms with Gasteiger partial charge in [-0.05, 0) is 24.7 Å². The van der Waals surface area contributed by atoms with Crippen molar-refractivity contribution in [1.82, 2.24) is 10.2 Å². The van der Waals surface area contributed by atoms with E-state index >= 15 is 0 Å². The summed E-state index contributed by atoms with van der Waals surface area (Å²) in [5.41, 5.74) is 5.88. The van der Waals surface area contributed by atoms with Gasteiger partial charge in [-0.25, -0.2) is 0 Å². The molecule has 0 aromatic carbocycles. The highest BCUT2D eigenvalue weighted by molar-refractivity contribution is 14.0. The first-order valence-electron chi connectivity index (χ1n) is 10.2.